The number of carboxylic acids is 1. The first-order valence-electron chi connectivity index (χ1n) is 8.80. The SMILES string of the molecule is NC(CO)C(O)c1ccc([N+](=O)[O-])cc1.O=C(O)Cc1ccc2ccccc2c1. The summed E-state index contributed by atoms with van der Waals surface area (Å²) in [7, 11) is 0. The first-order valence-corrected chi connectivity index (χ1v) is 8.80. The highest BCUT2D eigenvalue weighted by atomic mass is 16.6. The summed E-state index contributed by atoms with van der Waals surface area (Å²) in [6.45, 7) is -0.349. The van der Waals surface area contributed by atoms with E-state index in [1.807, 2.05) is 42.5 Å². The number of fused-ring (bicyclic) bond motifs is 1. The van der Waals surface area contributed by atoms with Gasteiger partial charge in [0.25, 0.3) is 5.69 Å². The number of non-ortho nitro benzene ring substituents is 1. The maximum Gasteiger partial charge on any atom is 0.307 e. The number of nitro groups is 1. The van der Waals surface area contributed by atoms with Gasteiger partial charge in [-0.2, -0.15) is 0 Å². The van der Waals surface area contributed by atoms with E-state index in [0.29, 0.717) is 5.56 Å². The first kappa shape index (κ1) is 22.0. The van der Waals surface area contributed by atoms with Crippen LogP contribution in [0.1, 0.15) is 17.2 Å². The summed E-state index contributed by atoms with van der Waals surface area (Å²) in [5.41, 5.74) is 6.65. The molecular weight excluding hydrogens is 376 g/mol. The molecule has 0 saturated carbocycles. The monoisotopic (exact) mass is 398 g/mol. The maximum absolute atomic E-state index is 10.5. The van der Waals surface area contributed by atoms with Crippen molar-refractivity contribution in [2.24, 2.45) is 5.73 Å². The minimum atomic E-state index is -1.02. The van der Waals surface area contributed by atoms with Gasteiger partial charge in [0.1, 0.15) is 0 Å². The zero-order valence-electron chi connectivity index (χ0n) is 15.5. The summed E-state index contributed by atoms with van der Waals surface area (Å²) in [5, 5.41) is 39.5. The Hall–Kier alpha value is -3.33. The predicted molar refractivity (Wildman–Crippen MR) is 108 cm³/mol. The first-order chi connectivity index (χ1) is 13.8. The van der Waals surface area contributed by atoms with Crippen molar-refractivity contribution in [1.29, 1.82) is 0 Å². The number of nitro benzene ring substituents is 1. The minimum Gasteiger partial charge on any atom is -0.481 e. The Bertz CT molecular complexity index is 974. The Balaban J connectivity index is 0.000000207. The van der Waals surface area contributed by atoms with E-state index in [0.717, 1.165) is 16.3 Å². The van der Waals surface area contributed by atoms with Crippen molar-refractivity contribution in [1.82, 2.24) is 0 Å². The molecule has 0 spiro atoms. The van der Waals surface area contributed by atoms with Crippen molar-refractivity contribution < 1.29 is 25.0 Å². The lowest BCUT2D eigenvalue weighted by Crippen LogP contribution is -2.31. The molecule has 0 aliphatic heterocycles. The number of aliphatic hydroxyl groups is 2. The van der Waals surface area contributed by atoms with Crippen LogP contribution in [0.3, 0.4) is 0 Å². The normalized spacial score (nSPS) is 12.5. The highest BCUT2D eigenvalue weighted by Gasteiger charge is 2.16. The number of benzene rings is 3. The number of carbonyl (C=O) groups is 1. The van der Waals surface area contributed by atoms with Gasteiger partial charge in [-0.05, 0) is 34.0 Å². The standard InChI is InChI=1S/C12H10O2.C9H12N2O4/c13-12(14)8-9-5-6-10-3-1-2-4-11(10)7-9;10-8(5-12)9(13)6-1-3-7(4-2-6)11(14)15/h1-7H,8H2,(H,13,14);1-4,8-9,12-13H,5,10H2. The lowest BCUT2D eigenvalue weighted by molar-refractivity contribution is -0.384. The molecule has 2 unspecified atom stereocenters. The van der Waals surface area contributed by atoms with E-state index in [1.54, 1.807) is 0 Å². The Morgan fingerprint density at radius 1 is 1.03 bits per heavy atom. The lowest BCUT2D eigenvalue weighted by atomic mass is 10.0. The third-order valence-corrected chi connectivity index (χ3v) is 4.23. The summed E-state index contributed by atoms with van der Waals surface area (Å²) in [6.07, 6.45) is -0.930. The van der Waals surface area contributed by atoms with Gasteiger partial charge in [0.05, 0.1) is 30.1 Å². The number of nitrogens with zero attached hydrogens (tertiary/aromatic N) is 1. The van der Waals surface area contributed by atoms with Crippen LogP contribution in [-0.2, 0) is 11.2 Å². The van der Waals surface area contributed by atoms with Gasteiger partial charge >= 0.3 is 5.97 Å². The van der Waals surface area contributed by atoms with E-state index >= 15 is 0 Å². The van der Waals surface area contributed by atoms with Crippen LogP contribution in [0.15, 0.2) is 66.7 Å². The molecule has 0 fully saturated rings. The van der Waals surface area contributed by atoms with Gasteiger partial charge in [0.2, 0.25) is 0 Å². The molecule has 0 radical (unpaired) electrons. The van der Waals surface area contributed by atoms with Gasteiger partial charge in [-0.1, -0.05) is 42.5 Å². The average Bonchev–Trinajstić information content (AvgIpc) is 2.72. The van der Waals surface area contributed by atoms with Crippen molar-refractivity contribution in [2.45, 2.75) is 18.6 Å². The molecule has 0 saturated heterocycles. The van der Waals surface area contributed by atoms with E-state index in [2.05, 4.69) is 0 Å². The van der Waals surface area contributed by atoms with Crippen molar-refractivity contribution in [3.63, 3.8) is 0 Å². The molecule has 0 amide bonds. The largest absolute Gasteiger partial charge is 0.481 e. The van der Waals surface area contributed by atoms with Crippen molar-refractivity contribution in [2.75, 3.05) is 6.61 Å². The second kappa shape index (κ2) is 10.3. The summed E-state index contributed by atoms with van der Waals surface area (Å²) < 4.78 is 0. The number of hydrogen-bond donors (Lipinski definition) is 4. The minimum absolute atomic E-state index is 0.0523. The van der Waals surface area contributed by atoms with Gasteiger partial charge in [-0.3, -0.25) is 14.9 Å². The van der Waals surface area contributed by atoms with E-state index in [1.165, 1.54) is 24.3 Å². The van der Waals surface area contributed by atoms with Gasteiger partial charge in [0.15, 0.2) is 0 Å². The molecule has 3 aromatic rings. The Morgan fingerprint density at radius 2 is 1.66 bits per heavy atom. The Kier molecular flexibility index (Phi) is 7.79. The molecule has 8 heteroatoms. The molecule has 0 aromatic heterocycles. The fourth-order valence-corrected chi connectivity index (χ4v) is 2.66. The fourth-order valence-electron chi connectivity index (χ4n) is 2.66. The smallest absolute Gasteiger partial charge is 0.307 e. The average molecular weight is 398 g/mol. The summed E-state index contributed by atoms with van der Waals surface area (Å²) in [5.74, 6) is -0.791. The molecule has 8 nitrogen and oxygen atoms in total. The maximum atomic E-state index is 10.5. The van der Waals surface area contributed by atoms with Crippen molar-refractivity contribution >= 4 is 22.4 Å². The lowest BCUT2D eigenvalue weighted by Gasteiger charge is -2.16. The van der Waals surface area contributed by atoms with Crippen LogP contribution in [0.4, 0.5) is 5.69 Å². The molecule has 0 aliphatic carbocycles. The summed E-state index contributed by atoms with van der Waals surface area (Å²) >= 11 is 0. The molecular formula is C21H22N2O6. The van der Waals surface area contributed by atoms with Crippen LogP contribution in [0.5, 0.6) is 0 Å². The van der Waals surface area contributed by atoms with E-state index < -0.39 is 23.0 Å². The third kappa shape index (κ3) is 6.35. The topological polar surface area (TPSA) is 147 Å². The fraction of sp³-hybridized carbons (Fsp3) is 0.190. The van der Waals surface area contributed by atoms with Crippen LogP contribution < -0.4 is 5.73 Å². The Morgan fingerprint density at radius 3 is 2.21 bits per heavy atom. The van der Waals surface area contributed by atoms with E-state index in [4.69, 9.17) is 15.9 Å². The van der Waals surface area contributed by atoms with Crippen molar-refractivity contribution in [3.8, 4) is 0 Å². The van der Waals surface area contributed by atoms with Crippen LogP contribution in [0.2, 0.25) is 0 Å². The number of rotatable bonds is 6. The number of aliphatic carboxylic acids is 1. The van der Waals surface area contributed by atoms with Gasteiger partial charge in [0, 0.05) is 12.1 Å². The zero-order chi connectivity index (χ0) is 21.4. The molecule has 5 N–H and O–H groups in total. The Labute approximate surface area is 167 Å². The molecule has 3 rings (SSSR count). The summed E-state index contributed by atoms with van der Waals surface area (Å²) in [4.78, 5) is 20.3. The molecule has 0 heterocycles. The second-order valence-corrected chi connectivity index (χ2v) is 6.39. The number of aliphatic hydroxyl groups excluding tert-OH is 2. The number of hydrogen-bond acceptors (Lipinski definition) is 6. The molecule has 0 aliphatic rings. The molecule has 152 valence electrons. The zero-order valence-corrected chi connectivity index (χ0v) is 15.5. The molecule has 0 bridgehead atoms. The highest BCUT2D eigenvalue weighted by Crippen LogP contribution is 2.19. The second-order valence-electron chi connectivity index (χ2n) is 6.39. The van der Waals surface area contributed by atoms with Gasteiger partial charge in [-0.25, -0.2) is 0 Å². The van der Waals surface area contributed by atoms with Crippen molar-refractivity contribution in [3.05, 3.63) is 88.0 Å². The quantitative estimate of drug-likeness (QED) is 0.368. The van der Waals surface area contributed by atoms with E-state index in [-0.39, 0.29) is 18.7 Å². The van der Waals surface area contributed by atoms with Gasteiger partial charge < -0.3 is 21.1 Å². The number of carboxylic acid groups (broad SMARTS) is 1. The molecule has 2 atom stereocenters. The molecule has 3 aromatic carbocycles. The summed E-state index contributed by atoms with van der Waals surface area (Å²) in [6, 6.07) is 18.3. The van der Waals surface area contributed by atoms with Crippen LogP contribution in [0, 0.1) is 10.1 Å². The third-order valence-electron chi connectivity index (χ3n) is 4.23. The van der Waals surface area contributed by atoms with E-state index in [9.17, 15) is 20.0 Å². The van der Waals surface area contributed by atoms with Gasteiger partial charge in [-0.15, -0.1) is 0 Å². The van der Waals surface area contributed by atoms with Crippen LogP contribution in [-0.4, -0.2) is 38.9 Å². The number of nitrogens with two attached hydrogens (primary N) is 1. The predicted octanol–water partition coefficient (Wildman–Crippen LogP) is 2.41. The molecule has 29 heavy (non-hydrogen) atoms. The van der Waals surface area contributed by atoms with Crippen LogP contribution in [0.25, 0.3) is 10.8 Å². The highest BCUT2D eigenvalue weighted by molar-refractivity contribution is 5.84. The van der Waals surface area contributed by atoms with Crippen LogP contribution >= 0.6 is 0 Å².